The van der Waals surface area contributed by atoms with E-state index in [1.165, 1.54) is 5.56 Å². The van der Waals surface area contributed by atoms with Gasteiger partial charge in [0.1, 0.15) is 0 Å². The summed E-state index contributed by atoms with van der Waals surface area (Å²) in [6.07, 6.45) is 2.80. The topological polar surface area (TPSA) is 50.4 Å². The molecule has 4 heteroatoms. The summed E-state index contributed by atoms with van der Waals surface area (Å²) in [6.45, 7) is 6.84. The van der Waals surface area contributed by atoms with Crippen molar-refractivity contribution in [2.24, 2.45) is 0 Å². The van der Waals surface area contributed by atoms with Crippen LogP contribution in [0.2, 0.25) is 0 Å². The van der Waals surface area contributed by atoms with Gasteiger partial charge in [0.15, 0.2) is 0 Å². The van der Waals surface area contributed by atoms with Crippen molar-refractivity contribution in [1.82, 2.24) is 5.32 Å². The van der Waals surface area contributed by atoms with Gasteiger partial charge in [-0.2, -0.15) is 0 Å². The molecule has 1 heterocycles. The normalized spacial score (nSPS) is 16.1. The van der Waals surface area contributed by atoms with Gasteiger partial charge in [0.2, 0.25) is 5.91 Å². The van der Waals surface area contributed by atoms with Gasteiger partial charge in [-0.15, -0.1) is 0 Å². The zero-order valence-electron chi connectivity index (χ0n) is 13.0. The number of piperidine rings is 1. The lowest BCUT2D eigenvalue weighted by atomic mass is 10.0. The fraction of sp³-hybridized carbons (Fsp3) is 0.588. The number of anilines is 1. The fourth-order valence-electron chi connectivity index (χ4n) is 2.46. The summed E-state index contributed by atoms with van der Waals surface area (Å²) in [5.74, 6) is 0.523. The summed E-state index contributed by atoms with van der Waals surface area (Å²) in [6, 6.07) is 8.04. The van der Waals surface area contributed by atoms with Crippen LogP contribution in [0.25, 0.3) is 0 Å². The highest BCUT2D eigenvalue weighted by Gasteiger charge is 2.13. The molecule has 0 saturated carbocycles. The van der Waals surface area contributed by atoms with E-state index in [2.05, 4.69) is 36.6 Å². The van der Waals surface area contributed by atoms with Gasteiger partial charge in [0, 0.05) is 5.69 Å². The molecule has 1 fully saturated rings. The molecule has 0 radical (unpaired) electrons. The van der Waals surface area contributed by atoms with Crippen molar-refractivity contribution in [3.05, 3.63) is 29.8 Å². The molecule has 1 aromatic carbocycles. The summed E-state index contributed by atoms with van der Waals surface area (Å²) in [7, 11) is 0. The molecule has 21 heavy (non-hydrogen) atoms. The molecule has 0 aliphatic carbocycles. The fourth-order valence-corrected chi connectivity index (χ4v) is 2.46. The summed E-state index contributed by atoms with van der Waals surface area (Å²) in [5.41, 5.74) is 2.13. The zero-order chi connectivity index (χ0) is 15.1. The molecule has 2 rings (SSSR count). The largest absolute Gasteiger partial charge is 0.378 e. The number of carbonyl (C=O) groups excluding carboxylic acids is 1. The highest BCUT2D eigenvalue weighted by atomic mass is 16.5. The van der Waals surface area contributed by atoms with Crippen molar-refractivity contribution < 1.29 is 9.53 Å². The summed E-state index contributed by atoms with van der Waals surface area (Å²) in [4.78, 5) is 11.9. The van der Waals surface area contributed by atoms with Crippen LogP contribution in [0.15, 0.2) is 24.3 Å². The summed E-state index contributed by atoms with van der Waals surface area (Å²) >= 11 is 0. The molecule has 0 spiro atoms. The smallest absolute Gasteiger partial charge is 0.226 e. The molecule has 1 aliphatic rings. The van der Waals surface area contributed by atoms with E-state index >= 15 is 0 Å². The molecule has 2 N–H and O–H groups in total. The Labute approximate surface area is 127 Å². The number of nitrogens with one attached hydrogen (secondary N) is 2. The Morgan fingerprint density at radius 3 is 2.57 bits per heavy atom. The van der Waals surface area contributed by atoms with Crippen LogP contribution in [0.4, 0.5) is 5.69 Å². The molecule has 0 unspecified atom stereocenters. The third-order valence-electron chi connectivity index (χ3n) is 3.83. The van der Waals surface area contributed by atoms with Gasteiger partial charge in [0.05, 0.1) is 19.1 Å². The van der Waals surface area contributed by atoms with Gasteiger partial charge in [-0.25, -0.2) is 0 Å². The first-order valence-electron chi connectivity index (χ1n) is 7.87. The molecule has 1 amide bonds. The second-order valence-corrected chi connectivity index (χ2v) is 5.90. The number of rotatable bonds is 6. The lowest BCUT2D eigenvalue weighted by Crippen LogP contribution is -2.33. The van der Waals surface area contributed by atoms with Crippen molar-refractivity contribution in [3.63, 3.8) is 0 Å². The molecule has 0 atom stereocenters. The molecule has 1 saturated heterocycles. The zero-order valence-corrected chi connectivity index (χ0v) is 13.0. The van der Waals surface area contributed by atoms with E-state index in [-0.39, 0.29) is 5.91 Å². The van der Waals surface area contributed by atoms with E-state index in [0.717, 1.165) is 31.6 Å². The number of amides is 1. The highest BCUT2D eigenvalue weighted by molar-refractivity contribution is 5.90. The minimum absolute atomic E-state index is 0.0150. The number of hydrogen-bond acceptors (Lipinski definition) is 3. The van der Waals surface area contributed by atoms with E-state index in [1.54, 1.807) is 0 Å². The van der Waals surface area contributed by atoms with E-state index in [9.17, 15) is 4.79 Å². The van der Waals surface area contributed by atoms with Crippen LogP contribution in [0, 0.1) is 0 Å². The quantitative estimate of drug-likeness (QED) is 0.847. The summed E-state index contributed by atoms with van der Waals surface area (Å²) in [5, 5.41) is 6.21. The Hall–Kier alpha value is -1.39. The average Bonchev–Trinajstić information content (AvgIpc) is 2.49. The lowest BCUT2D eigenvalue weighted by molar-refractivity contribution is -0.117. The van der Waals surface area contributed by atoms with Gasteiger partial charge >= 0.3 is 0 Å². The van der Waals surface area contributed by atoms with Gasteiger partial charge < -0.3 is 15.4 Å². The molecule has 0 bridgehead atoms. The van der Waals surface area contributed by atoms with Crippen molar-refractivity contribution in [2.75, 3.05) is 25.0 Å². The van der Waals surface area contributed by atoms with E-state index in [1.807, 2.05) is 12.1 Å². The molecular formula is C17H26N2O2. The average molecular weight is 290 g/mol. The Morgan fingerprint density at radius 1 is 1.29 bits per heavy atom. The number of benzene rings is 1. The maximum Gasteiger partial charge on any atom is 0.226 e. The van der Waals surface area contributed by atoms with Gasteiger partial charge in [-0.05, 0) is 49.5 Å². The van der Waals surface area contributed by atoms with E-state index in [0.29, 0.717) is 25.0 Å². The Kier molecular flexibility index (Phi) is 6.21. The molecule has 4 nitrogen and oxygen atoms in total. The predicted octanol–water partition coefficient (Wildman–Crippen LogP) is 2.91. The highest BCUT2D eigenvalue weighted by Crippen LogP contribution is 2.17. The third-order valence-corrected chi connectivity index (χ3v) is 3.83. The summed E-state index contributed by atoms with van der Waals surface area (Å²) < 4.78 is 5.74. The number of carbonyl (C=O) groups is 1. The van der Waals surface area contributed by atoms with Crippen LogP contribution in [-0.4, -0.2) is 31.7 Å². The van der Waals surface area contributed by atoms with Crippen molar-refractivity contribution in [2.45, 2.75) is 45.1 Å². The Bertz CT molecular complexity index is 437. The first-order chi connectivity index (χ1) is 10.1. The predicted molar refractivity (Wildman–Crippen MR) is 85.6 cm³/mol. The van der Waals surface area contributed by atoms with Crippen LogP contribution in [0.5, 0.6) is 0 Å². The molecule has 1 aliphatic heterocycles. The maximum atomic E-state index is 11.9. The van der Waals surface area contributed by atoms with Gasteiger partial charge in [-0.1, -0.05) is 26.0 Å². The Morgan fingerprint density at radius 2 is 1.95 bits per heavy atom. The van der Waals surface area contributed by atoms with E-state index in [4.69, 9.17) is 4.74 Å². The van der Waals surface area contributed by atoms with Crippen LogP contribution in [0.3, 0.4) is 0 Å². The standard InChI is InChI=1S/C17H26N2O2/c1-13(2)14-3-5-15(6-4-14)19-17(20)9-12-21-16-7-10-18-11-8-16/h3-6,13,16,18H,7-12H2,1-2H3,(H,19,20). The van der Waals surface area contributed by atoms with Crippen LogP contribution in [-0.2, 0) is 9.53 Å². The van der Waals surface area contributed by atoms with Crippen LogP contribution >= 0.6 is 0 Å². The minimum Gasteiger partial charge on any atom is -0.378 e. The maximum absolute atomic E-state index is 11.9. The molecule has 1 aromatic rings. The first kappa shape index (κ1) is 16.0. The number of hydrogen-bond donors (Lipinski definition) is 2. The second kappa shape index (κ2) is 8.15. The molecular weight excluding hydrogens is 264 g/mol. The first-order valence-corrected chi connectivity index (χ1v) is 7.87. The van der Waals surface area contributed by atoms with Crippen LogP contribution in [0.1, 0.15) is 44.6 Å². The van der Waals surface area contributed by atoms with Crippen molar-refractivity contribution in [1.29, 1.82) is 0 Å². The molecule has 0 aromatic heterocycles. The Balaban J connectivity index is 1.68. The second-order valence-electron chi connectivity index (χ2n) is 5.90. The monoisotopic (exact) mass is 290 g/mol. The minimum atomic E-state index is 0.0150. The van der Waals surface area contributed by atoms with Gasteiger partial charge in [-0.3, -0.25) is 4.79 Å². The van der Waals surface area contributed by atoms with Crippen LogP contribution < -0.4 is 10.6 Å². The third kappa shape index (κ3) is 5.48. The van der Waals surface area contributed by atoms with E-state index < -0.39 is 0 Å². The lowest BCUT2D eigenvalue weighted by Gasteiger charge is -2.22. The van der Waals surface area contributed by atoms with Crippen molar-refractivity contribution in [3.8, 4) is 0 Å². The molecule has 116 valence electrons. The van der Waals surface area contributed by atoms with Crippen molar-refractivity contribution >= 4 is 11.6 Å². The number of ether oxygens (including phenoxy) is 1. The SMILES string of the molecule is CC(C)c1ccc(NC(=O)CCOC2CCNCC2)cc1. The van der Waals surface area contributed by atoms with Gasteiger partial charge in [0.25, 0.3) is 0 Å².